The van der Waals surface area contributed by atoms with Crippen LogP contribution in [0.2, 0.25) is 0 Å². The fourth-order valence-corrected chi connectivity index (χ4v) is 2.10. The molecule has 0 aliphatic heterocycles. The summed E-state index contributed by atoms with van der Waals surface area (Å²) in [5, 5.41) is 0. The zero-order valence-corrected chi connectivity index (χ0v) is 10.1. The van der Waals surface area contributed by atoms with E-state index in [0.717, 1.165) is 19.3 Å². The second kappa shape index (κ2) is 6.46. The monoisotopic (exact) mass is 220 g/mol. The molecule has 0 aromatic heterocycles. The van der Waals surface area contributed by atoms with Gasteiger partial charge in [-0.2, -0.15) is 0 Å². The maximum Gasteiger partial charge on any atom is 0.0738 e. The third-order valence-corrected chi connectivity index (χ3v) is 3.07. The summed E-state index contributed by atoms with van der Waals surface area (Å²) in [6.45, 7) is 15.0. The van der Waals surface area contributed by atoms with E-state index < -0.39 is 5.66 Å². The normalized spacial score (nSPS) is 11.9. The number of rotatable bonds is 9. The minimum atomic E-state index is -0.814. The second-order valence-corrected chi connectivity index (χ2v) is 4.29. The van der Waals surface area contributed by atoms with Crippen LogP contribution in [0.5, 0.6) is 0 Å². The minimum Gasteiger partial charge on any atom is -0.313 e. The maximum atomic E-state index is 6.23. The molecule has 0 atom stereocenters. The molecule has 2 heteroatoms. The quantitative estimate of drug-likeness (QED) is 0.464. The van der Waals surface area contributed by atoms with E-state index in [4.69, 9.17) is 11.5 Å². The minimum absolute atomic E-state index is 0.271. The van der Waals surface area contributed by atoms with E-state index in [9.17, 15) is 0 Å². The van der Waals surface area contributed by atoms with Gasteiger partial charge in [0.25, 0.3) is 0 Å². The highest BCUT2D eigenvalue weighted by Gasteiger charge is 2.42. The van der Waals surface area contributed by atoms with Gasteiger partial charge in [0, 0.05) is 5.41 Å². The summed E-state index contributed by atoms with van der Waals surface area (Å²) in [6, 6.07) is 0. The molecule has 0 bridgehead atoms. The van der Waals surface area contributed by atoms with Crippen LogP contribution in [0.3, 0.4) is 0 Å². The Labute approximate surface area is 99.4 Å². The van der Waals surface area contributed by atoms with Crippen molar-refractivity contribution in [1.82, 2.24) is 0 Å². The highest BCUT2D eigenvalue weighted by atomic mass is 15.0. The van der Waals surface area contributed by atoms with Crippen molar-refractivity contribution in [2.24, 2.45) is 16.9 Å². The Morgan fingerprint density at radius 2 is 1.00 bits per heavy atom. The van der Waals surface area contributed by atoms with Crippen molar-refractivity contribution < 1.29 is 0 Å². The van der Waals surface area contributed by atoms with E-state index in [2.05, 4.69) is 26.3 Å². The third kappa shape index (κ3) is 3.19. The molecule has 4 N–H and O–H groups in total. The van der Waals surface area contributed by atoms with Crippen LogP contribution in [0.25, 0.3) is 0 Å². The second-order valence-electron chi connectivity index (χ2n) is 4.29. The number of hydrogen-bond acceptors (Lipinski definition) is 2. The Morgan fingerprint density at radius 3 is 1.25 bits per heavy atom. The van der Waals surface area contributed by atoms with Crippen LogP contribution in [0.15, 0.2) is 50.6 Å². The predicted octanol–water partition coefficient (Wildman–Crippen LogP) is 2.89. The molecule has 0 aliphatic carbocycles. The third-order valence-electron chi connectivity index (χ3n) is 3.07. The highest BCUT2D eigenvalue weighted by Crippen LogP contribution is 2.40. The summed E-state index contributed by atoms with van der Waals surface area (Å²) in [4.78, 5) is 0. The van der Waals surface area contributed by atoms with E-state index in [1.54, 1.807) is 6.08 Å². The Kier molecular flexibility index (Phi) is 6.01. The van der Waals surface area contributed by atoms with Gasteiger partial charge in [-0.05, 0) is 25.7 Å². The van der Waals surface area contributed by atoms with E-state index >= 15 is 0 Å². The van der Waals surface area contributed by atoms with E-state index in [0.29, 0.717) is 6.42 Å². The van der Waals surface area contributed by atoms with Crippen molar-refractivity contribution in [2.75, 3.05) is 0 Å². The molecule has 2 nitrogen and oxygen atoms in total. The molecule has 16 heavy (non-hydrogen) atoms. The van der Waals surface area contributed by atoms with Gasteiger partial charge in [-0.25, -0.2) is 0 Å². The van der Waals surface area contributed by atoms with Crippen molar-refractivity contribution in [2.45, 2.75) is 31.3 Å². The molecular weight excluding hydrogens is 196 g/mol. The molecular formula is C14H24N2. The van der Waals surface area contributed by atoms with Gasteiger partial charge in [0.15, 0.2) is 0 Å². The molecule has 0 fully saturated rings. The molecule has 0 amide bonds. The molecule has 0 unspecified atom stereocenters. The van der Waals surface area contributed by atoms with Crippen LogP contribution in [-0.4, -0.2) is 5.66 Å². The Morgan fingerprint density at radius 1 is 0.688 bits per heavy atom. The smallest absolute Gasteiger partial charge is 0.0738 e. The first-order valence-corrected chi connectivity index (χ1v) is 5.51. The van der Waals surface area contributed by atoms with Crippen LogP contribution in [-0.2, 0) is 0 Å². The number of nitrogens with two attached hydrogens (primary N) is 2. The van der Waals surface area contributed by atoms with Gasteiger partial charge in [0.2, 0.25) is 0 Å². The van der Waals surface area contributed by atoms with E-state index in [1.807, 2.05) is 18.2 Å². The fraction of sp³-hybridized carbons (Fsp3) is 0.429. The van der Waals surface area contributed by atoms with Crippen molar-refractivity contribution in [1.29, 1.82) is 0 Å². The van der Waals surface area contributed by atoms with E-state index in [1.165, 1.54) is 0 Å². The van der Waals surface area contributed by atoms with Gasteiger partial charge in [-0.3, -0.25) is 0 Å². The summed E-state index contributed by atoms with van der Waals surface area (Å²) >= 11 is 0. The van der Waals surface area contributed by atoms with Crippen molar-refractivity contribution >= 4 is 0 Å². The Hall–Kier alpha value is -1.12. The largest absolute Gasteiger partial charge is 0.313 e. The van der Waals surface area contributed by atoms with Crippen LogP contribution in [0.4, 0.5) is 0 Å². The lowest BCUT2D eigenvalue weighted by molar-refractivity contribution is 0.132. The molecule has 0 saturated carbocycles. The summed E-state index contributed by atoms with van der Waals surface area (Å²) < 4.78 is 0. The average Bonchev–Trinajstić information content (AvgIpc) is 2.18. The van der Waals surface area contributed by atoms with Gasteiger partial charge in [-0.15, -0.1) is 26.3 Å². The molecule has 0 aromatic rings. The van der Waals surface area contributed by atoms with Crippen LogP contribution in [0.1, 0.15) is 25.7 Å². The molecule has 0 saturated heterocycles. The highest BCUT2D eigenvalue weighted by molar-refractivity contribution is 5.08. The topological polar surface area (TPSA) is 52.0 Å². The van der Waals surface area contributed by atoms with Gasteiger partial charge >= 0.3 is 0 Å². The van der Waals surface area contributed by atoms with Crippen LogP contribution >= 0.6 is 0 Å². The SMILES string of the molecule is C=CCC(N)(N)C(CC=C)(CC=C)CC=C. The first kappa shape index (κ1) is 14.9. The summed E-state index contributed by atoms with van der Waals surface area (Å²) in [5.41, 5.74) is 11.4. The van der Waals surface area contributed by atoms with Crippen molar-refractivity contribution in [3.05, 3.63) is 50.6 Å². The van der Waals surface area contributed by atoms with Gasteiger partial charge in [0.1, 0.15) is 0 Å². The predicted molar refractivity (Wildman–Crippen MR) is 72.8 cm³/mol. The molecule has 0 heterocycles. The fourth-order valence-electron chi connectivity index (χ4n) is 2.10. The first-order chi connectivity index (χ1) is 7.49. The van der Waals surface area contributed by atoms with Crippen molar-refractivity contribution in [3.63, 3.8) is 0 Å². The molecule has 0 aliphatic rings. The Balaban J connectivity index is 5.25. The van der Waals surface area contributed by atoms with Gasteiger partial charge in [-0.1, -0.05) is 24.3 Å². The molecule has 0 spiro atoms. The number of hydrogen-bond donors (Lipinski definition) is 2. The summed E-state index contributed by atoms with van der Waals surface area (Å²) in [7, 11) is 0. The summed E-state index contributed by atoms with van der Waals surface area (Å²) in [6.07, 6.45) is 10.1. The van der Waals surface area contributed by atoms with Crippen LogP contribution in [0, 0.1) is 5.41 Å². The number of allylic oxidation sites excluding steroid dienone is 3. The summed E-state index contributed by atoms with van der Waals surface area (Å²) in [5.74, 6) is 0. The molecule has 0 radical (unpaired) electrons. The zero-order valence-electron chi connectivity index (χ0n) is 10.1. The molecule has 0 aromatic carbocycles. The standard InChI is InChI=1S/C14H24N2/c1-5-9-13(10-6-2,11-7-3)14(15,16)12-8-4/h5-8H,1-4,9-12,15-16H2. The Bertz CT molecular complexity index is 237. The van der Waals surface area contributed by atoms with Crippen LogP contribution < -0.4 is 11.5 Å². The average molecular weight is 220 g/mol. The maximum absolute atomic E-state index is 6.23. The lowest BCUT2D eigenvalue weighted by atomic mass is 9.67. The zero-order chi connectivity index (χ0) is 12.7. The first-order valence-electron chi connectivity index (χ1n) is 5.51. The molecule has 0 rings (SSSR count). The van der Waals surface area contributed by atoms with Crippen molar-refractivity contribution in [3.8, 4) is 0 Å². The lowest BCUT2D eigenvalue weighted by Crippen LogP contribution is -2.62. The van der Waals surface area contributed by atoms with E-state index in [-0.39, 0.29) is 5.41 Å². The van der Waals surface area contributed by atoms with Gasteiger partial charge in [0.05, 0.1) is 5.66 Å². The lowest BCUT2D eigenvalue weighted by Gasteiger charge is -2.45. The molecule has 90 valence electrons. The van der Waals surface area contributed by atoms with Gasteiger partial charge < -0.3 is 11.5 Å².